The first-order valence-electron chi connectivity index (χ1n) is 7.78. The Bertz CT molecular complexity index is 947. The fourth-order valence-electron chi connectivity index (χ4n) is 2.02. The highest BCUT2D eigenvalue weighted by Gasteiger charge is 2.19. The van der Waals surface area contributed by atoms with Crippen LogP contribution < -0.4 is 15.0 Å². The van der Waals surface area contributed by atoms with Crippen LogP contribution in [0.2, 0.25) is 0 Å². The van der Waals surface area contributed by atoms with Gasteiger partial charge in [-0.1, -0.05) is 6.07 Å². The monoisotopic (exact) mass is 373 g/mol. The number of nitrogens with one attached hydrogen (secondary N) is 2. The van der Waals surface area contributed by atoms with Crippen molar-refractivity contribution in [2.75, 3.05) is 0 Å². The van der Waals surface area contributed by atoms with Gasteiger partial charge in [-0.3, -0.25) is 10.2 Å². The van der Waals surface area contributed by atoms with E-state index in [1.807, 2.05) is 13.0 Å². The molecule has 2 aromatic rings. The molecule has 0 saturated heterocycles. The second kappa shape index (κ2) is 7.99. The lowest BCUT2D eigenvalue weighted by Gasteiger charge is -2.15. The van der Waals surface area contributed by atoms with Gasteiger partial charge < -0.3 is 4.74 Å². The van der Waals surface area contributed by atoms with Gasteiger partial charge in [0.2, 0.25) is 0 Å². The molecule has 0 radical (unpaired) electrons. The summed E-state index contributed by atoms with van der Waals surface area (Å²) in [6.07, 6.45) is -0.939. The predicted molar refractivity (Wildman–Crippen MR) is 95.6 cm³/mol. The Morgan fingerprint density at radius 1 is 1.12 bits per heavy atom. The Morgan fingerprint density at radius 3 is 2.35 bits per heavy atom. The molecule has 1 amide bonds. The van der Waals surface area contributed by atoms with Crippen molar-refractivity contribution >= 4 is 15.9 Å². The van der Waals surface area contributed by atoms with Crippen LogP contribution in [0.5, 0.6) is 5.75 Å². The molecule has 0 spiro atoms. The molecule has 0 aliphatic carbocycles. The molecule has 0 aliphatic heterocycles. The van der Waals surface area contributed by atoms with E-state index in [0.717, 1.165) is 11.1 Å². The molecule has 2 N–H and O–H groups in total. The predicted octanol–water partition coefficient (Wildman–Crippen LogP) is 1.95. The number of carbonyl (C=O) groups is 1. The summed E-state index contributed by atoms with van der Waals surface area (Å²) in [5.41, 5.74) is 4.41. The van der Waals surface area contributed by atoms with E-state index in [9.17, 15) is 13.2 Å². The number of ether oxygens (including phenoxy) is 1. The number of hydrazine groups is 1. The minimum Gasteiger partial charge on any atom is -0.481 e. The zero-order valence-electron chi connectivity index (χ0n) is 14.6. The van der Waals surface area contributed by atoms with Crippen molar-refractivity contribution in [2.45, 2.75) is 31.8 Å². The summed E-state index contributed by atoms with van der Waals surface area (Å²) in [5, 5.41) is 8.75. The Labute approximate surface area is 152 Å². The number of amides is 1. The van der Waals surface area contributed by atoms with E-state index in [1.54, 1.807) is 37.3 Å². The molecule has 2 rings (SSSR count). The normalized spacial score (nSPS) is 12.1. The highest BCUT2D eigenvalue weighted by molar-refractivity contribution is 7.89. The smallest absolute Gasteiger partial charge is 0.275 e. The fourth-order valence-corrected chi connectivity index (χ4v) is 2.96. The van der Waals surface area contributed by atoms with Crippen molar-refractivity contribution in [3.05, 3.63) is 59.2 Å². The molecule has 0 heterocycles. The average Bonchev–Trinajstić information content (AvgIpc) is 2.62. The molecule has 2 aromatic carbocycles. The van der Waals surface area contributed by atoms with Crippen molar-refractivity contribution in [1.82, 2.24) is 10.3 Å². The number of benzene rings is 2. The fraction of sp³-hybridized carbons (Fsp3) is 0.222. The van der Waals surface area contributed by atoms with Crippen LogP contribution in [-0.2, 0) is 14.8 Å². The third kappa shape index (κ3) is 4.81. The number of carbonyl (C=O) groups excluding carboxylic acids is 1. The standard InChI is InChI=1S/C18H19N3O4S/c1-12-4-9-17(10-13(12)2)26(23,24)21-20-18(22)14(3)25-16-7-5-15(11-19)6-8-16/h4-10,14,21H,1-3H3,(H,20,22)/t14-/m1/s1. The summed E-state index contributed by atoms with van der Waals surface area (Å²) < 4.78 is 29.9. The molecular weight excluding hydrogens is 354 g/mol. The average molecular weight is 373 g/mol. The molecule has 0 aromatic heterocycles. The molecule has 0 aliphatic rings. The summed E-state index contributed by atoms with van der Waals surface area (Å²) in [6.45, 7) is 5.17. The van der Waals surface area contributed by atoms with Gasteiger partial charge in [-0.05, 0) is 68.3 Å². The number of sulfonamides is 1. The zero-order chi connectivity index (χ0) is 19.3. The maximum atomic E-state index is 12.3. The van der Waals surface area contributed by atoms with Crippen molar-refractivity contribution in [2.24, 2.45) is 0 Å². The lowest BCUT2D eigenvalue weighted by molar-refractivity contribution is -0.127. The Morgan fingerprint density at radius 2 is 1.77 bits per heavy atom. The quantitative estimate of drug-likeness (QED) is 0.753. The molecule has 0 unspecified atom stereocenters. The number of aryl methyl sites for hydroxylation is 2. The van der Waals surface area contributed by atoms with Crippen LogP contribution in [0.1, 0.15) is 23.6 Å². The Hall–Kier alpha value is -2.89. The van der Waals surface area contributed by atoms with Gasteiger partial charge >= 0.3 is 0 Å². The first-order chi connectivity index (χ1) is 12.2. The number of nitriles is 1. The second-order valence-corrected chi connectivity index (χ2v) is 7.42. The third-order valence-corrected chi connectivity index (χ3v) is 5.01. The highest BCUT2D eigenvalue weighted by atomic mass is 32.2. The van der Waals surface area contributed by atoms with E-state index < -0.39 is 22.0 Å². The van der Waals surface area contributed by atoms with Crippen molar-refractivity contribution < 1.29 is 17.9 Å². The van der Waals surface area contributed by atoms with Crippen LogP contribution in [0.3, 0.4) is 0 Å². The van der Waals surface area contributed by atoms with Gasteiger partial charge in [0.15, 0.2) is 6.10 Å². The van der Waals surface area contributed by atoms with Crippen molar-refractivity contribution in [3.8, 4) is 11.8 Å². The van der Waals surface area contributed by atoms with Crippen LogP contribution in [0.25, 0.3) is 0 Å². The van der Waals surface area contributed by atoms with Crippen molar-refractivity contribution in [3.63, 3.8) is 0 Å². The second-order valence-electron chi connectivity index (χ2n) is 5.74. The van der Waals surface area contributed by atoms with E-state index in [-0.39, 0.29) is 4.90 Å². The van der Waals surface area contributed by atoms with E-state index >= 15 is 0 Å². The number of nitrogens with zero attached hydrogens (tertiary/aromatic N) is 1. The van der Waals surface area contributed by atoms with Gasteiger partial charge in [-0.25, -0.2) is 8.42 Å². The number of hydrogen-bond acceptors (Lipinski definition) is 5. The molecule has 8 heteroatoms. The lowest BCUT2D eigenvalue weighted by atomic mass is 10.1. The molecular formula is C18H19N3O4S. The summed E-state index contributed by atoms with van der Waals surface area (Å²) in [6, 6.07) is 12.9. The van der Waals surface area contributed by atoms with Gasteiger partial charge in [0.05, 0.1) is 16.5 Å². The highest BCUT2D eigenvalue weighted by Crippen LogP contribution is 2.15. The van der Waals surface area contributed by atoms with Crippen LogP contribution in [0.15, 0.2) is 47.4 Å². The number of rotatable bonds is 6. The van der Waals surface area contributed by atoms with E-state index in [0.29, 0.717) is 11.3 Å². The molecule has 26 heavy (non-hydrogen) atoms. The van der Waals surface area contributed by atoms with Gasteiger partial charge in [-0.2, -0.15) is 5.26 Å². The molecule has 0 bridgehead atoms. The van der Waals surface area contributed by atoms with Crippen LogP contribution >= 0.6 is 0 Å². The third-order valence-electron chi connectivity index (χ3n) is 3.76. The zero-order valence-corrected chi connectivity index (χ0v) is 15.4. The minimum absolute atomic E-state index is 0.0570. The van der Waals surface area contributed by atoms with Crippen LogP contribution in [-0.4, -0.2) is 20.4 Å². The van der Waals surface area contributed by atoms with Crippen molar-refractivity contribution in [1.29, 1.82) is 5.26 Å². The summed E-state index contributed by atoms with van der Waals surface area (Å²) in [4.78, 5) is 14.2. The minimum atomic E-state index is -3.88. The maximum Gasteiger partial charge on any atom is 0.275 e. The largest absolute Gasteiger partial charge is 0.481 e. The van der Waals surface area contributed by atoms with Crippen LogP contribution in [0.4, 0.5) is 0 Å². The first kappa shape index (κ1) is 19.4. The molecule has 136 valence electrons. The Balaban J connectivity index is 1.97. The molecule has 7 nitrogen and oxygen atoms in total. The van der Waals surface area contributed by atoms with E-state index in [2.05, 4.69) is 10.3 Å². The topological polar surface area (TPSA) is 108 Å². The van der Waals surface area contributed by atoms with Gasteiger partial charge in [0.25, 0.3) is 15.9 Å². The Kier molecular flexibility index (Phi) is 5.97. The van der Waals surface area contributed by atoms with Gasteiger partial charge in [-0.15, -0.1) is 4.83 Å². The molecule has 0 fully saturated rings. The first-order valence-corrected chi connectivity index (χ1v) is 9.27. The SMILES string of the molecule is Cc1ccc(S(=O)(=O)NNC(=O)[C@@H](C)Oc2ccc(C#N)cc2)cc1C. The van der Waals surface area contributed by atoms with Gasteiger partial charge in [0.1, 0.15) is 5.75 Å². The molecule has 1 atom stereocenters. The summed E-state index contributed by atoms with van der Waals surface area (Å²) in [5.74, 6) is -0.259. The summed E-state index contributed by atoms with van der Waals surface area (Å²) in [7, 11) is -3.88. The maximum absolute atomic E-state index is 12.3. The lowest BCUT2D eigenvalue weighted by Crippen LogP contribution is -2.47. The van der Waals surface area contributed by atoms with Gasteiger partial charge in [0, 0.05) is 0 Å². The summed E-state index contributed by atoms with van der Waals surface area (Å²) >= 11 is 0. The number of hydrogen-bond donors (Lipinski definition) is 2. The van der Waals surface area contributed by atoms with E-state index in [4.69, 9.17) is 10.00 Å². The van der Waals surface area contributed by atoms with Crippen LogP contribution in [0, 0.1) is 25.2 Å². The van der Waals surface area contributed by atoms with E-state index in [1.165, 1.54) is 19.1 Å². The molecule has 0 saturated carbocycles.